The fourth-order valence-corrected chi connectivity index (χ4v) is 12.1. The molecule has 10 atom stereocenters. The highest BCUT2D eigenvalue weighted by molar-refractivity contribution is 5.20. The van der Waals surface area contributed by atoms with Crippen molar-refractivity contribution in [1.82, 2.24) is 0 Å². The second-order valence-electron chi connectivity index (χ2n) is 16.0. The van der Waals surface area contributed by atoms with Crippen molar-refractivity contribution in [1.29, 1.82) is 0 Å². The van der Waals surface area contributed by atoms with Gasteiger partial charge < -0.3 is 4.74 Å². The summed E-state index contributed by atoms with van der Waals surface area (Å²) in [7, 11) is 0. The molecule has 5 saturated carbocycles. The van der Waals surface area contributed by atoms with Crippen molar-refractivity contribution in [2.75, 3.05) is 6.61 Å². The number of fused-ring (bicyclic) bond motifs is 5. The minimum atomic E-state index is 0.369. The Morgan fingerprint density at radius 3 is 2.12 bits per heavy atom. The summed E-state index contributed by atoms with van der Waals surface area (Å²) in [5.74, 6) is 4.44. The van der Waals surface area contributed by atoms with E-state index in [-0.39, 0.29) is 0 Å². The Balaban J connectivity index is 1.39. The van der Waals surface area contributed by atoms with Crippen LogP contribution in [0.1, 0.15) is 120 Å². The van der Waals surface area contributed by atoms with Crippen molar-refractivity contribution in [3.63, 3.8) is 0 Å². The summed E-state index contributed by atoms with van der Waals surface area (Å²) in [6.07, 6.45) is 15.1. The summed E-state index contributed by atoms with van der Waals surface area (Å²) in [4.78, 5) is 0. The molecule has 6 aliphatic rings. The first-order valence-electron chi connectivity index (χ1n) is 14.4. The second-order valence-corrected chi connectivity index (χ2v) is 16.0. The predicted octanol–water partition coefficient (Wildman–Crippen LogP) is 8.51. The van der Waals surface area contributed by atoms with Gasteiger partial charge in [-0.25, -0.2) is 0 Å². The van der Waals surface area contributed by atoms with Gasteiger partial charge in [-0.05, 0) is 126 Å². The Hall–Kier alpha value is -0.0400. The molecule has 6 fully saturated rings. The quantitative estimate of drug-likeness (QED) is 0.367. The SMILES string of the molecule is C[C@H]1CC[C@@]2(C)C(CC[C@]3(C)C2CCC2C4[C@H]5OC[C@@]4(CCC5(C)C)CC[C@]23C)C1(C)C. The van der Waals surface area contributed by atoms with Crippen molar-refractivity contribution < 1.29 is 4.74 Å². The molecule has 1 saturated heterocycles. The molecule has 0 aromatic rings. The van der Waals surface area contributed by atoms with Crippen LogP contribution in [-0.2, 0) is 4.74 Å². The van der Waals surface area contributed by atoms with Crippen LogP contribution in [0.2, 0.25) is 0 Å². The van der Waals surface area contributed by atoms with Gasteiger partial charge in [0.15, 0.2) is 0 Å². The lowest BCUT2D eigenvalue weighted by atomic mass is 9.31. The standard InChI is InChI=1S/C31H52O/c1-20-11-13-28(6)22(27(20,4)5)12-14-30(8)23(28)10-9-21-24-25-26(2,3)15-17-31(24,19-32-25)18-16-29(21,30)7/h20-25H,9-19H2,1-8H3/t20-,21?,22?,23?,24?,25+,28-,29+,30+,31+/m0/s1. The van der Waals surface area contributed by atoms with Crippen LogP contribution >= 0.6 is 0 Å². The minimum Gasteiger partial charge on any atom is -0.377 e. The van der Waals surface area contributed by atoms with Gasteiger partial charge in [0.25, 0.3) is 0 Å². The zero-order valence-corrected chi connectivity index (χ0v) is 22.7. The van der Waals surface area contributed by atoms with Crippen LogP contribution in [0.3, 0.4) is 0 Å². The van der Waals surface area contributed by atoms with Gasteiger partial charge in [0.05, 0.1) is 12.7 Å². The molecule has 0 amide bonds. The molecule has 1 nitrogen and oxygen atoms in total. The maximum absolute atomic E-state index is 6.74. The fraction of sp³-hybridized carbons (Fsp3) is 1.00. The Kier molecular flexibility index (Phi) is 4.48. The van der Waals surface area contributed by atoms with Gasteiger partial charge in [0.2, 0.25) is 0 Å². The van der Waals surface area contributed by atoms with Crippen LogP contribution in [0.5, 0.6) is 0 Å². The van der Waals surface area contributed by atoms with Crippen LogP contribution in [0.4, 0.5) is 0 Å². The first kappa shape index (κ1) is 22.4. The first-order valence-corrected chi connectivity index (χ1v) is 14.4. The molecule has 1 heterocycles. The smallest absolute Gasteiger partial charge is 0.0663 e. The van der Waals surface area contributed by atoms with Gasteiger partial charge in [0.1, 0.15) is 0 Å². The summed E-state index contributed by atoms with van der Waals surface area (Å²) in [5.41, 5.74) is 2.96. The molecule has 4 unspecified atom stereocenters. The molecule has 0 radical (unpaired) electrons. The molecule has 0 N–H and O–H groups in total. The Labute approximate surface area is 199 Å². The van der Waals surface area contributed by atoms with Crippen LogP contribution < -0.4 is 0 Å². The summed E-state index contributed by atoms with van der Waals surface area (Å²) >= 11 is 0. The molecule has 5 aliphatic carbocycles. The lowest BCUT2D eigenvalue weighted by molar-refractivity contribution is -0.247. The topological polar surface area (TPSA) is 9.23 Å². The van der Waals surface area contributed by atoms with Crippen molar-refractivity contribution in [3.8, 4) is 0 Å². The van der Waals surface area contributed by atoms with E-state index >= 15 is 0 Å². The van der Waals surface area contributed by atoms with E-state index in [0.29, 0.717) is 38.6 Å². The average Bonchev–Trinajstić information content (AvgIpc) is 3.05. The Morgan fingerprint density at radius 1 is 0.656 bits per heavy atom. The van der Waals surface area contributed by atoms with E-state index in [1.807, 2.05) is 0 Å². The van der Waals surface area contributed by atoms with Crippen molar-refractivity contribution >= 4 is 0 Å². The van der Waals surface area contributed by atoms with E-state index in [4.69, 9.17) is 4.74 Å². The van der Waals surface area contributed by atoms with Crippen molar-refractivity contribution in [3.05, 3.63) is 0 Å². The van der Waals surface area contributed by atoms with Gasteiger partial charge in [-0.3, -0.25) is 0 Å². The predicted molar refractivity (Wildman–Crippen MR) is 133 cm³/mol. The van der Waals surface area contributed by atoms with Gasteiger partial charge in [-0.2, -0.15) is 0 Å². The van der Waals surface area contributed by atoms with E-state index in [0.717, 1.165) is 36.2 Å². The van der Waals surface area contributed by atoms with E-state index in [1.165, 1.54) is 64.2 Å². The van der Waals surface area contributed by atoms with E-state index < -0.39 is 0 Å². The lowest BCUT2D eigenvalue weighted by Gasteiger charge is -2.73. The van der Waals surface area contributed by atoms with Crippen LogP contribution in [0, 0.1) is 62.1 Å². The molecule has 2 bridgehead atoms. The van der Waals surface area contributed by atoms with Gasteiger partial charge >= 0.3 is 0 Å². The van der Waals surface area contributed by atoms with Crippen LogP contribution in [0.15, 0.2) is 0 Å². The third kappa shape index (κ3) is 2.42. The summed E-state index contributed by atoms with van der Waals surface area (Å²) in [6.45, 7) is 22.3. The fourth-order valence-electron chi connectivity index (χ4n) is 12.1. The molecular weight excluding hydrogens is 388 g/mol. The minimum absolute atomic E-state index is 0.369. The van der Waals surface area contributed by atoms with E-state index in [9.17, 15) is 0 Å². The normalized spacial score (nSPS) is 60.0. The Bertz CT molecular complexity index is 796. The zero-order valence-electron chi connectivity index (χ0n) is 22.7. The maximum Gasteiger partial charge on any atom is 0.0663 e. The molecule has 0 spiro atoms. The molecule has 32 heavy (non-hydrogen) atoms. The van der Waals surface area contributed by atoms with Gasteiger partial charge in [-0.15, -0.1) is 0 Å². The number of hydrogen-bond acceptors (Lipinski definition) is 1. The molecular formula is C31H52O. The molecule has 6 rings (SSSR count). The monoisotopic (exact) mass is 440 g/mol. The second kappa shape index (κ2) is 6.39. The number of hydrogen-bond donors (Lipinski definition) is 0. The highest BCUT2D eigenvalue weighted by Gasteiger charge is 2.72. The highest BCUT2D eigenvalue weighted by atomic mass is 16.5. The third-order valence-electron chi connectivity index (χ3n) is 14.7. The summed E-state index contributed by atoms with van der Waals surface area (Å²) < 4.78 is 6.74. The average molecular weight is 441 g/mol. The maximum atomic E-state index is 6.74. The summed E-state index contributed by atoms with van der Waals surface area (Å²) in [6, 6.07) is 0. The first-order chi connectivity index (χ1) is 14.8. The van der Waals surface area contributed by atoms with Crippen LogP contribution in [-0.4, -0.2) is 12.7 Å². The van der Waals surface area contributed by atoms with Gasteiger partial charge in [-0.1, -0.05) is 55.4 Å². The van der Waals surface area contributed by atoms with E-state index in [2.05, 4.69) is 55.4 Å². The van der Waals surface area contributed by atoms with E-state index in [1.54, 1.807) is 0 Å². The molecule has 1 aliphatic heterocycles. The highest BCUT2D eigenvalue weighted by Crippen LogP contribution is 2.78. The molecule has 0 aromatic heterocycles. The molecule has 1 heteroatoms. The summed E-state index contributed by atoms with van der Waals surface area (Å²) in [5, 5.41) is 0. The zero-order chi connectivity index (χ0) is 22.9. The number of rotatable bonds is 0. The third-order valence-corrected chi connectivity index (χ3v) is 14.7. The van der Waals surface area contributed by atoms with Crippen molar-refractivity contribution in [2.24, 2.45) is 62.1 Å². The van der Waals surface area contributed by atoms with Gasteiger partial charge in [0, 0.05) is 0 Å². The molecule has 182 valence electrons. The van der Waals surface area contributed by atoms with Crippen LogP contribution in [0.25, 0.3) is 0 Å². The van der Waals surface area contributed by atoms with Crippen molar-refractivity contribution in [2.45, 2.75) is 126 Å². The lowest BCUT2D eigenvalue weighted by Crippen LogP contribution is -2.67. The number of ether oxygens (including phenoxy) is 1. The molecule has 0 aromatic carbocycles. The largest absolute Gasteiger partial charge is 0.377 e. The Morgan fingerprint density at radius 2 is 1.38 bits per heavy atom.